The zero-order valence-electron chi connectivity index (χ0n) is 10.1. The topological polar surface area (TPSA) is 49.4 Å². The molecular formula is C12H15BrN2O2. The van der Waals surface area contributed by atoms with Gasteiger partial charge in [0.05, 0.1) is 12.2 Å². The number of likely N-dealkylation sites (N-methyl/N-ethyl adjacent to an activating group) is 1. The lowest BCUT2D eigenvalue weighted by Crippen LogP contribution is -2.21. The smallest absolute Gasteiger partial charge is 0.221 e. The number of nitrogens with one attached hydrogen (secondary N) is 1. The van der Waals surface area contributed by atoms with E-state index in [0.29, 0.717) is 22.3 Å². The fraction of sp³-hybridized carbons (Fsp3) is 0.333. The van der Waals surface area contributed by atoms with Crippen LogP contribution in [-0.4, -0.2) is 37.2 Å². The Kier molecular flexibility index (Phi) is 4.84. The monoisotopic (exact) mass is 298 g/mol. The van der Waals surface area contributed by atoms with Crippen LogP contribution in [0.25, 0.3) is 0 Å². The molecule has 0 saturated carbocycles. The Morgan fingerprint density at radius 1 is 1.35 bits per heavy atom. The van der Waals surface area contributed by atoms with Gasteiger partial charge < -0.3 is 10.2 Å². The van der Waals surface area contributed by atoms with E-state index in [0.717, 1.165) is 0 Å². The predicted octanol–water partition coefficient (Wildman–Crippen LogP) is 2.15. The lowest BCUT2D eigenvalue weighted by atomic mass is 10.1. The lowest BCUT2D eigenvalue weighted by Gasteiger charge is -2.10. The van der Waals surface area contributed by atoms with Crippen molar-refractivity contribution in [1.82, 2.24) is 4.90 Å². The SMILES string of the molecule is CC(=O)Nc1ccc(C(=O)CN(C)C)cc1Br. The molecule has 0 aliphatic carbocycles. The molecule has 1 aromatic carbocycles. The van der Waals surface area contributed by atoms with Gasteiger partial charge >= 0.3 is 0 Å². The average molecular weight is 299 g/mol. The number of hydrogen-bond acceptors (Lipinski definition) is 3. The largest absolute Gasteiger partial charge is 0.325 e. The molecule has 0 saturated heterocycles. The van der Waals surface area contributed by atoms with E-state index >= 15 is 0 Å². The molecule has 0 radical (unpaired) electrons. The number of hydrogen-bond donors (Lipinski definition) is 1. The first-order valence-corrected chi connectivity index (χ1v) is 5.94. The summed E-state index contributed by atoms with van der Waals surface area (Å²) in [5.41, 5.74) is 1.29. The lowest BCUT2D eigenvalue weighted by molar-refractivity contribution is -0.114. The molecule has 1 amide bonds. The minimum Gasteiger partial charge on any atom is -0.325 e. The molecular weight excluding hydrogens is 284 g/mol. The number of rotatable bonds is 4. The first kappa shape index (κ1) is 13.9. The zero-order valence-corrected chi connectivity index (χ0v) is 11.7. The third-order valence-corrected chi connectivity index (χ3v) is 2.72. The molecule has 17 heavy (non-hydrogen) atoms. The summed E-state index contributed by atoms with van der Waals surface area (Å²) in [4.78, 5) is 24.5. The Hall–Kier alpha value is -1.20. The van der Waals surface area contributed by atoms with Crippen LogP contribution in [0.15, 0.2) is 22.7 Å². The normalized spacial score (nSPS) is 10.4. The molecule has 4 nitrogen and oxygen atoms in total. The summed E-state index contributed by atoms with van der Waals surface area (Å²) in [6.45, 7) is 1.81. The third kappa shape index (κ3) is 4.28. The molecule has 0 aromatic heterocycles. The first-order valence-electron chi connectivity index (χ1n) is 5.15. The number of nitrogens with zero attached hydrogens (tertiary/aromatic N) is 1. The first-order chi connectivity index (χ1) is 7.90. The Morgan fingerprint density at radius 3 is 2.47 bits per heavy atom. The van der Waals surface area contributed by atoms with Gasteiger partial charge in [-0.05, 0) is 48.2 Å². The molecule has 1 aromatic rings. The third-order valence-electron chi connectivity index (χ3n) is 2.06. The quantitative estimate of drug-likeness (QED) is 0.867. The summed E-state index contributed by atoms with van der Waals surface area (Å²) in [6.07, 6.45) is 0. The Bertz CT molecular complexity index is 444. The minimum absolute atomic E-state index is 0.0464. The second-order valence-corrected chi connectivity index (χ2v) is 4.89. The molecule has 0 unspecified atom stereocenters. The van der Waals surface area contributed by atoms with Gasteiger partial charge in [-0.3, -0.25) is 9.59 Å². The van der Waals surface area contributed by atoms with Crippen molar-refractivity contribution in [3.05, 3.63) is 28.2 Å². The van der Waals surface area contributed by atoms with Crippen LogP contribution in [0.4, 0.5) is 5.69 Å². The van der Waals surface area contributed by atoms with E-state index in [2.05, 4.69) is 21.2 Å². The maximum Gasteiger partial charge on any atom is 0.221 e. The molecule has 5 heteroatoms. The van der Waals surface area contributed by atoms with Crippen LogP contribution in [0.1, 0.15) is 17.3 Å². The van der Waals surface area contributed by atoms with E-state index in [1.165, 1.54) is 6.92 Å². The van der Waals surface area contributed by atoms with Crippen molar-refractivity contribution < 1.29 is 9.59 Å². The fourth-order valence-corrected chi connectivity index (χ4v) is 1.84. The second-order valence-electron chi connectivity index (χ2n) is 4.04. The molecule has 0 aliphatic rings. The number of carbonyl (C=O) groups excluding carboxylic acids is 2. The molecule has 0 heterocycles. The van der Waals surface area contributed by atoms with Crippen LogP contribution in [-0.2, 0) is 4.79 Å². The summed E-state index contributed by atoms with van der Waals surface area (Å²) >= 11 is 3.33. The van der Waals surface area contributed by atoms with E-state index < -0.39 is 0 Å². The van der Waals surface area contributed by atoms with Crippen molar-refractivity contribution in [2.45, 2.75) is 6.92 Å². The van der Waals surface area contributed by atoms with Gasteiger partial charge in [-0.15, -0.1) is 0 Å². The zero-order chi connectivity index (χ0) is 13.0. The number of Topliss-reactive ketones (excluding diaryl/α,β-unsaturated/α-hetero) is 1. The highest BCUT2D eigenvalue weighted by atomic mass is 79.9. The highest BCUT2D eigenvalue weighted by Crippen LogP contribution is 2.23. The van der Waals surface area contributed by atoms with Gasteiger partial charge in [-0.2, -0.15) is 0 Å². The Balaban J connectivity index is 2.88. The summed E-state index contributed by atoms with van der Waals surface area (Å²) in [7, 11) is 3.69. The second kappa shape index (κ2) is 5.93. The van der Waals surface area contributed by atoms with Gasteiger partial charge in [0, 0.05) is 17.0 Å². The van der Waals surface area contributed by atoms with Crippen molar-refractivity contribution in [3.8, 4) is 0 Å². The van der Waals surface area contributed by atoms with Crippen molar-refractivity contribution in [2.75, 3.05) is 26.0 Å². The number of benzene rings is 1. The number of amides is 1. The van der Waals surface area contributed by atoms with E-state index in [1.807, 2.05) is 19.0 Å². The molecule has 0 spiro atoms. The average Bonchev–Trinajstić information content (AvgIpc) is 2.19. The minimum atomic E-state index is -0.141. The van der Waals surface area contributed by atoms with E-state index in [4.69, 9.17) is 0 Å². The standard InChI is InChI=1S/C12H15BrN2O2/c1-8(16)14-11-5-4-9(6-10(11)13)12(17)7-15(2)3/h4-6H,7H2,1-3H3,(H,14,16). The fourth-order valence-electron chi connectivity index (χ4n) is 1.36. The Morgan fingerprint density at radius 2 is 2.00 bits per heavy atom. The van der Waals surface area contributed by atoms with Crippen LogP contribution in [0.5, 0.6) is 0 Å². The van der Waals surface area contributed by atoms with Crippen molar-refractivity contribution >= 4 is 33.3 Å². The van der Waals surface area contributed by atoms with E-state index in [-0.39, 0.29) is 11.7 Å². The number of ketones is 1. The van der Waals surface area contributed by atoms with Crippen molar-refractivity contribution in [3.63, 3.8) is 0 Å². The molecule has 1 rings (SSSR count). The molecule has 0 aliphatic heterocycles. The number of carbonyl (C=O) groups is 2. The van der Waals surface area contributed by atoms with Crippen molar-refractivity contribution in [1.29, 1.82) is 0 Å². The summed E-state index contributed by atoms with van der Waals surface area (Å²) in [5.74, 6) is -0.0943. The maximum atomic E-state index is 11.8. The van der Waals surface area contributed by atoms with Crippen LogP contribution >= 0.6 is 15.9 Å². The Labute approximate surface area is 109 Å². The number of halogens is 1. The molecule has 0 fully saturated rings. The van der Waals surface area contributed by atoms with Gasteiger partial charge in [0.25, 0.3) is 0 Å². The molecule has 0 bridgehead atoms. The van der Waals surface area contributed by atoms with Crippen LogP contribution in [0, 0.1) is 0 Å². The highest BCUT2D eigenvalue weighted by molar-refractivity contribution is 9.10. The maximum absolute atomic E-state index is 11.8. The van der Waals surface area contributed by atoms with E-state index in [9.17, 15) is 9.59 Å². The predicted molar refractivity (Wildman–Crippen MR) is 71.3 cm³/mol. The summed E-state index contributed by atoms with van der Waals surface area (Å²) in [5, 5.41) is 2.67. The number of anilines is 1. The van der Waals surface area contributed by atoms with Gasteiger partial charge in [0.2, 0.25) is 5.91 Å². The molecule has 0 atom stereocenters. The molecule has 92 valence electrons. The highest BCUT2D eigenvalue weighted by Gasteiger charge is 2.09. The van der Waals surface area contributed by atoms with Crippen molar-refractivity contribution in [2.24, 2.45) is 0 Å². The summed E-state index contributed by atoms with van der Waals surface area (Å²) in [6, 6.07) is 5.15. The van der Waals surface area contributed by atoms with Gasteiger partial charge in [0.15, 0.2) is 5.78 Å². The summed E-state index contributed by atoms with van der Waals surface area (Å²) < 4.78 is 0.706. The van der Waals surface area contributed by atoms with Crippen LogP contribution in [0.2, 0.25) is 0 Å². The van der Waals surface area contributed by atoms with Crippen LogP contribution < -0.4 is 5.32 Å². The van der Waals surface area contributed by atoms with E-state index in [1.54, 1.807) is 18.2 Å². The van der Waals surface area contributed by atoms with Gasteiger partial charge in [-0.1, -0.05) is 0 Å². The molecule has 1 N–H and O–H groups in total. The van der Waals surface area contributed by atoms with Gasteiger partial charge in [0.1, 0.15) is 0 Å². The van der Waals surface area contributed by atoms with Gasteiger partial charge in [-0.25, -0.2) is 0 Å². The van der Waals surface area contributed by atoms with Crippen LogP contribution in [0.3, 0.4) is 0 Å².